The fourth-order valence-corrected chi connectivity index (χ4v) is 2.17. The third-order valence-electron chi connectivity index (χ3n) is 2.20. The Hall–Kier alpha value is -1.17. The summed E-state index contributed by atoms with van der Waals surface area (Å²) in [5, 5.41) is 2.61. The number of nitrogens with one attached hydrogen (secondary N) is 1. The first kappa shape index (κ1) is 14.2. The maximum atomic E-state index is 13.6. The highest BCUT2D eigenvalue weighted by Crippen LogP contribution is 2.21. The molecular formula is C12H6BrCl2FN2O. The molecule has 0 atom stereocenters. The lowest BCUT2D eigenvalue weighted by Gasteiger charge is -2.07. The minimum absolute atomic E-state index is 0.0669. The Morgan fingerprint density at radius 1 is 1.21 bits per heavy atom. The topological polar surface area (TPSA) is 42.0 Å². The Morgan fingerprint density at radius 3 is 2.42 bits per heavy atom. The second-order valence-corrected chi connectivity index (χ2v) is 5.27. The zero-order valence-electron chi connectivity index (χ0n) is 9.25. The normalized spacial score (nSPS) is 10.3. The number of hydrogen-bond acceptors (Lipinski definition) is 2. The van der Waals surface area contributed by atoms with Crippen LogP contribution in [-0.4, -0.2) is 10.9 Å². The molecule has 1 N–H and O–H groups in total. The number of nitrogens with zero attached hydrogens (tertiary/aromatic N) is 1. The lowest BCUT2D eigenvalue weighted by molar-refractivity contribution is 0.102. The molecule has 7 heteroatoms. The highest BCUT2D eigenvalue weighted by molar-refractivity contribution is 9.10. The van der Waals surface area contributed by atoms with E-state index in [1.54, 1.807) is 6.07 Å². The van der Waals surface area contributed by atoms with E-state index < -0.39 is 11.7 Å². The van der Waals surface area contributed by atoms with E-state index >= 15 is 0 Å². The van der Waals surface area contributed by atoms with Crippen molar-refractivity contribution in [1.29, 1.82) is 0 Å². The van der Waals surface area contributed by atoms with Crippen molar-refractivity contribution >= 4 is 50.7 Å². The first-order valence-corrected chi connectivity index (χ1v) is 6.60. The van der Waals surface area contributed by atoms with E-state index in [9.17, 15) is 9.18 Å². The molecule has 2 aromatic rings. The molecule has 1 aromatic carbocycles. The number of rotatable bonds is 2. The molecule has 1 heterocycles. The summed E-state index contributed by atoms with van der Waals surface area (Å²) in [6, 6.07) is 7.01. The molecule has 19 heavy (non-hydrogen) atoms. The van der Waals surface area contributed by atoms with Crippen molar-refractivity contribution in [3.05, 3.63) is 56.5 Å². The van der Waals surface area contributed by atoms with Crippen molar-refractivity contribution in [3.8, 4) is 0 Å². The van der Waals surface area contributed by atoms with Gasteiger partial charge in [0.1, 0.15) is 16.1 Å². The Labute approximate surface area is 126 Å². The smallest absolute Gasteiger partial charge is 0.255 e. The lowest BCUT2D eigenvalue weighted by Crippen LogP contribution is -2.13. The molecule has 0 saturated heterocycles. The van der Waals surface area contributed by atoms with Crippen LogP contribution in [0, 0.1) is 5.82 Å². The van der Waals surface area contributed by atoms with E-state index in [4.69, 9.17) is 23.2 Å². The van der Waals surface area contributed by atoms with E-state index in [1.165, 1.54) is 24.3 Å². The summed E-state index contributed by atoms with van der Waals surface area (Å²) in [6.07, 6.45) is 0. The Kier molecular flexibility index (Phi) is 4.39. The van der Waals surface area contributed by atoms with Crippen LogP contribution in [-0.2, 0) is 0 Å². The minimum Gasteiger partial charge on any atom is -0.319 e. The number of carbonyl (C=O) groups excluding carboxylic acids is 1. The van der Waals surface area contributed by atoms with Crippen molar-refractivity contribution in [1.82, 2.24) is 4.98 Å². The monoisotopic (exact) mass is 362 g/mol. The SMILES string of the molecule is O=C(Nc1ccc(Br)cc1F)c1cc(Cl)nc(Cl)c1. The number of hydrogen-bond donors (Lipinski definition) is 1. The van der Waals surface area contributed by atoms with Gasteiger partial charge in [0, 0.05) is 10.0 Å². The van der Waals surface area contributed by atoms with E-state index in [0.29, 0.717) is 4.47 Å². The molecule has 2 rings (SSSR count). The number of amides is 1. The zero-order valence-corrected chi connectivity index (χ0v) is 12.4. The molecule has 0 bridgehead atoms. The van der Waals surface area contributed by atoms with Crippen LogP contribution in [0.25, 0.3) is 0 Å². The van der Waals surface area contributed by atoms with Gasteiger partial charge in [0.2, 0.25) is 0 Å². The van der Waals surface area contributed by atoms with Crippen LogP contribution in [0.4, 0.5) is 10.1 Å². The van der Waals surface area contributed by atoms with Gasteiger partial charge in [0.15, 0.2) is 0 Å². The molecule has 0 spiro atoms. The molecule has 0 saturated carbocycles. The Bertz CT molecular complexity index is 631. The molecule has 0 aliphatic carbocycles. The maximum Gasteiger partial charge on any atom is 0.255 e. The van der Waals surface area contributed by atoms with E-state index in [0.717, 1.165) is 0 Å². The van der Waals surface area contributed by atoms with Crippen LogP contribution in [0.3, 0.4) is 0 Å². The summed E-state index contributed by atoms with van der Waals surface area (Å²) in [5.74, 6) is -1.07. The fourth-order valence-electron chi connectivity index (χ4n) is 1.38. The predicted octanol–water partition coefficient (Wildman–Crippen LogP) is 4.54. The minimum atomic E-state index is -0.547. The highest BCUT2D eigenvalue weighted by atomic mass is 79.9. The van der Waals surface area contributed by atoms with Gasteiger partial charge in [-0.1, -0.05) is 39.1 Å². The first-order valence-electron chi connectivity index (χ1n) is 5.05. The van der Waals surface area contributed by atoms with E-state index in [1.807, 2.05) is 0 Å². The molecule has 0 fully saturated rings. The number of pyridine rings is 1. The molecule has 0 aliphatic rings. The Morgan fingerprint density at radius 2 is 1.84 bits per heavy atom. The van der Waals surface area contributed by atoms with Crippen molar-refractivity contribution in [2.45, 2.75) is 0 Å². The number of anilines is 1. The van der Waals surface area contributed by atoms with Crippen LogP contribution in [0.1, 0.15) is 10.4 Å². The summed E-state index contributed by atoms with van der Waals surface area (Å²) in [6.45, 7) is 0. The zero-order chi connectivity index (χ0) is 14.0. The molecule has 98 valence electrons. The molecule has 3 nitrogen and oxygen atoms in total. The summed E-state index contributed by atoms with van der Waals surface area (Å²) in [7, 11) is 0. The Balaban J connectivity index is 2.25. The second kappa shape index (κ2) is 5.86. The molecule has 0 unspecified atom stereocenters. The van der Waals surface area contributed by atoms with Gasteiger partial charge in [-0.05, 0) is 30.3 Å². The predicted molar refractivity (Wildman–Crippen MR) is 76.3 cm³/mol. The lowest BCUT2D eigenvalue weighted by atomic mass is 10.2. The quantitative estimate of drug-likeness (QED) is 0.795. The summed E-state index contributed by atoms with van der Waals surface area (Å²) >= 11 is 14.5. The van der Waals surface area contributed by atoms with Gasteiger partial charge in [-0.15, -0.1) is 0 Å². The third kappa shape index (κ3) is 3.65. The third-order valence-corrected chi connectivity index (χ3v) is 3.08. The van der Waals surface area contributed by atoms with Gasteiger partial charge in [0.05, 0.1) is 5.69 Å². The standard InChI is InChI=1S/C12H6BrCl2FN2O/c13-7-1-2-9(8(16)5-7)17-12(19)6-3-10(14)18-11(15)4-6/h1-5H,(H,17,19). The van der Waals surface area contributed by atoms with Crippen LogP contribution < -0.4 is 5.32 Å². The van der Waals surface area contributed by atoms with Gasteiger partial charge in [-0.3, -0.25) is 4.79 Å². The van der Waals surface area contributed by atoms with Gasteiger partial charge < -0.3 is 5.32 Å². The fraction of sp³-hybridized carbons (Fsp3) is 0. The number of benzene rings is 1. The van der Waals surface area contributed by atoms with Gasteiger partial charge in [-0.25, -0.2) is 9.37 Å². The van der Waals surface area contributed by atoms with Gasteiger partial charge in [-0.2, -0.15) is 0 Å². The van der Waals surface area contributed by atoms with Crippen molar-refractivity contribution in [2.24, 2.45) is 0 Å². The highest BCUT2D eigenvalue weighted by Gasteiger charge is 2.11. The molecule has 1 amide bonds. The number of carbonyl (C=O) groups is 1. The number of aromatic nitrogens is 1. The summed E-state index contributed by atoms with van der Waals surface area (Å²) < 4.78 is 14.2. The van der Waals surface area contributed by atoms with Crippen LogP contribution in [0.15, 0.2) is 34.8 Å². The van der Waals surface area contributed by atoms with Crippen molar-refractivity contribution < 1.29 is 9.18 Å². The molecule has 0 aliphatic heterocycles. The molecular weight excluding hydrogens is 358 g/mol. The van der Waals surface area contributed by atoms with E-state index in [2.05, 4.69) is 26.2 Å². The first-order chi connectivity index (χ1) is 8.95. The average molecular weight is 364 g/mol. The summed E-state index contributed by atoms with van der Waals surface area (Å²) in [5.41, 5.74) is 0.268. The van der Waals surface area contributed by atoms with Crippen LogP contribution in [0.5, 0.6) is 0 Å². The summed E-state index contributed by atoms with van der Waals surface area (Å²) in [4.78, 5) is 15.6. The second-order valence-electron chi connectivity index (χ2n) is 3.58. The van der Waals surface area contributed by atoms with Crippen LogP contribution in [0.2, 0.25) is 10.3 Å². The average Bonchev–Trinajstić information content (AvgIpc) is 2.31. The maximum absolute atomic E-state index is 13.6. The van der Waals surface area contributed by atoms with Crippen molar-refractivity contribution in [3.63, 3.8) is 0 Å². The largest absolute Gasteiger partial charge is 0.319 e. The van der Waals surface area contributed by atoms with E-state index in [-0.39, 0.29) is 21.6 Å². The molecule has 0 radical (unpaired) electrons. The van der Waals surface area contributed by atoms with Gasteiger partial charge in [0.25, 0.3) is 5.91 Å². The van der Waals surface area contributed by atoms with Gasteiger partial charge >= 0.3 is 0 Å². The van der Waals surface area contributed by atoms with Crippen molar-refractivity contribution in [2.75, 3.05) is 5.32 Å². The number of halogens is 4. The van der Waals surface area contributed by atoms with Crippen LogP contribution >= 0.6 is 39.1 Å². The molecule has 1 aromatic heterocycles.